The number of hydrogen-bond donors (Lipinski definition) is 3. The van der Waals surface area contributed by atoms with E-state index in [4.69, 9.17) is 0 Å². The van der Waals surface area contributed by atoms with E-state index >= 15 is 0 Å². The smallest absolute Gasteiger partial charge is 0.255 e. The van der Waals surface area contributed by atoms with Gasteiger partial charge >= 0.3 is 0 Å². The molecule has 3 N–H and O–H groups in total. The number of aromatic amines is 1. The van der Waals surface area contributed by atoms with E-state index in [0.29, 0.717) is 48.4 Å². The minimum Gasteiger partial charge on any atom is -0.396 e. The molecule has 1 saturated heterocycles. The number of rotatable bonds is 5. The van der Waals surface area contributed by atoms with Crippen LogP contribution in [0.4, 0.5) is 0 Å². The van der Waals surface area contributed by atoms with Crippen molar-refractivity contribution in [2.24, 2.45) is 5.41 Å². The lowest BCUT2D eigenvalue weighted by Gasteiger charge is -2.45. The van der Waals surface area contributed by atoms with Crippen LogP contribution >= 0.6 is 0 Å². The summed E-state index contributed by atoms with van der Waals surface area (Å²) in [6, 6.07) is 0. The van der Waals surface area contributed by atoms with Crippen LogP contribution in [0.3, 0.4) is 0 Å². The summed E-state index contributed by atoms with van der Waals surface area (Å²) >= 11 is 0. The molecule has 0 aromatic carbocycles. The van der Waals surface area contributed by atoms with E-state index in [2.05, 4.69) is 4.98 Å². The first-order valence-electron chi connectivity index (χ1n) is 8.55. The Morgan fingerprint density at radius 1 is 1.38 bits per heavy atom. The maximum absolute atomic E-state index is 13.0. The van der Waals surface area contributed by atoms with Crippen molar-refractivity contribution in [2.45, 2.75) is 53.1 Å². The molecule has 24 heavy (non-hydrogen) atoms. The number of piperidine rings is 1. The van der Waals surface area contributed by atoms with Crippen LogP contribution in [0.2, 0.25) is 0 Å². The summed E-state index contributed by atoms with van der Waals surface area (Å²) in [5.41, 5.74) is 1.68. The summed E-state index contributed by atoms with van der Waals surface area (Å²) in [5, 5.41) is 20.2. The second-order valence-electron chi connectivity index (χ2n) is 6.98. The van der Waals surface area contributed by atoms with E-state index in [1.807, 2.05) is 6.92 Å². The van der Waals surface area contributed by atoms with Crippen LogP contribution in [0.5, 0.6) is 0 Å². The second-order valence-corrected chi connectivity index (χ2v) is 6.98. The van der Waals surface area contributed by atoms with Gasteiger partial charge in [-0.2, -0.15) is 0 Å². The number of carbonyl (C=O) groups is 2. The zero-order chi connectivity index (χ0) is 18.1. The monoisotopic (exact) mass is 336 g/mol. The van der Waals surface area contributed by atoms with Gasteiger partial charge in [0.05, 0.1) is 24.0 Å². The topological polar surface area (TPSA) is 93.6 Å². The molecule has 1 aliphatic rings. The number of likely N-dealkylation sites (tertiary alicyclic amines) is 1. The number of H-pyrrole nitrogens is 1. The Morgan fingerprint density at radius 3 is 2.54 bits per heavy atom. The summed E-state index contributed by atoms with van der Waals surface area (Å²) in [6.45, 7) is 7.68. The molecule has 0 bridgehead atoms. The van der Waals surface area contributed by atoms with Crippen molar-refractivity contribution in [3.8, 4) is 0 Å². The van der Waals surface area contributed by atoms with Gasteiger partial charge in [0, 0.05) is 31.1 Å². The molecule has 6 nitrogen and oxygen atoms in total. The summed E-state index contributed by atoms with van der Waals surface area (Å²) in [6.07, 6.45) is 1.34. The Kier molecular flexibility index (Phi) is 5.50. The number of nitrogens with zero attached hydrogens (tertiary/aromatic N) is 1. The van der Waals surface area contributed by atoms with E-state index in [1.165, 1.54) is 6.92 Å². The quantitative estimate of drug-likeness (QED) is 0.715. The van der Waals surface area contributed by atoms with Gasteiger partial charge in [-0.15, -0.1) is 0 Å². The number of carbonyl (C=O) groups excluding carboxylic acids is 2. The van der Waals surface area contributed by atoms with Crippen molar-refractivity contribution in [1.82, 2.24) is 9.88 Å². The van der Waals surface area contributed by atoms with Gasteiger partial charge in [-0.25, -0.2) is 0 Å². The van der Waals surface area contributed by atoms with Crippen molar-refractivity contribution in [2.75, 3.05) is 19.7 Å². The summed E-state index contributed by atoms with van der Waals surface area (Å²) in [4.78, 5) is 29.4. The first kappa shape index (κ1) is 18.7. The van der Waals surface area contributed by atoms with Gasteiger partial charge in [-0.05, 0) is 32.3 Å². The molecule has 6 heteroatoms. The number of aromatic nitrogens is 1. The molecule has 1 amide bonds. The third kappa shape index (κ3) is 3.13. The molecule has 0 saturated carbocycles. The van der Waals surface area contributed by atoms with E-state index in [0.717, 1.165) is 6.42 Å². The lowest BCUT2D eigenvalue weighted by Crippen LogP contribution is -2.55. The van der Waals surface area contributed by atoms with Crippen molar-refractivity contribution in [1.29, 1.82) is 0 Å². The van der Waals surface area contributed by atoms with Gasteiger partial charge in [0.1, 0.15) is 0 Å². The van der Waals surface area contributed by atoms with Gasteiger partial charge in [0.2, 0.25) is 0 Å². The predicted octanol–water partition coefficient (Wildman–Crippen LogP) is 1.82. The number of amides is 1. The molecule has 1 aromatic heterocycles. The molecule has 0 spiro atoms. The predicted molar refractivity (Wildman–Crippen MR) is 91.2 cm³/mol. The Bertz CT molecular complexity index is 637. The number of ketones is 1. The van der Waals surface area contributed by atoms with Gasteiger partial charge in [0.25, 0.3) is 5.91 Å². The molecule has 0 unspecified atom stereocenters. The molecule has 1 fully saturated rings. The number of hydrogen-bond acceptors (Lipinski definition) is 4. The number of aliphatic hydroxyl groups excluding tert-OH is 2. The molecular formula is C18H28N2O4. The van der Waals surface area contributed by atoms with Gasteiger partial charge in [0.15, 0.2) is 5.78 Å². The van der Waals surface area contributed by atoms with Crippen LogP contribution in [0.15, 0.2) is 0 Å². The van der Waals surface area contributed by atoms with Crippen molar-refractivity contribution in [3.05, 3.63) is 22.5 Å². The fourth-order valence-corrected chi connectivity index (χ4v) is 3.88. The molecule has 0 aliphatic carbocycles. The van der Waals surface area contributed by atoms with Crippen molar-refractivity contribution < 1.29 is 19.8 Å². The van der Waals surface area contributed by atoms with Gasteiger partial charge < -0.3 is 20.1 Å². The zero-order valence-electron chi connectivity index (χ0n) is 15.0. The lowest BCUT2D eigenvalue weighted by atomic mass is 9.74. The number of Topliss-reactive ketones (excluding diaryl/α,β-unsaturated/α-hetero) is 1. The fraction of sp³-hybridized carbons (Fsp3) is 0.667. The lowest BCUT2D eigenvalue weighted by molar-refractivity contribution is -0.0720. The summed E-state index contributed by atoms with van der Waals surface area (Å²) < 4.78 is 0. The van der Waals surface area contributed by atoms with Crippen LogP contribution in [0.25, 0.3) is 0 Å². The van der Waals surface area contributed by atoms with E-state index in [-0.39, 0.29) is 18.3 Å². The van der Waals surface area contributed by atoms with Crippen LogP contribution in [0, 0.1) is 19.3 Å². The average molecular weight is 336 g/mol. The number of aryl methyl sites for hydroxylation is 1. The van der Waals surface area contributed by atoms with Crippen LogP contribution in [-0.2, 0) is 0 Å². The van der Waals surface area contributed by atoms with E-state index in [1.54, 1.807) is 18.7 Å². The fourth-order valence-electron chi connectivity index (χ4n) is 3.88. The highest BCUT2D eigenvalue weighted by molar-refractivity contribution is 6.02. The van der Waals surface area contributed by atoms with E-state index in [9.17, 15) is 19.8 Å². The molecule has 2 heterocycles. The second kappa shape index (κ2) is 7.07. The first-order valence-corrected chi connectivity index (χ1v) is 8.55. The van der Waals surface area contributed by atoms with Crippen molar-refractivity contribution >= 4 is 11.7 Å². The molecule has 0 radical (unpaired) electrons. The third-order valence-corrected chi connectivity index (χ3v) is 5.24. The maximum atomic E-state index is 13.0. The Morgan fingerprint density at radius 2 is 2.04 bits per heavy atom. The molecule has 1 aliphatic heterocycles. The average Bonchev–Trinajstić information content (AvgIpc) is 2.84. The third-order valence-electron chi connectivity index (χ3n) is 5.24. The largest absolute Gasteiger partial charge is 0.396 e. The van der Waals surface area contributed by atoms with Crippen LogP contribution < -0.4 is 0 Å². The summed E-state index contributed by atoms with van der Waals surface area (Å²) in [5.74, 6) is -0.242. The molecule has 2 atom stereocenters. The standard InChI is InChI=1S/C18H28N2O4/c1-5-7-18(10-21)9-20(8-6-14(18)23)17(24)15-11(2)16(13(4)22)19-12(15)3/h14,19,21,23H,5-10H2,1-4H3/t14-,18+/m1/s1. The molecular weight excluding hydrogens is 308 g/mol. The normalized spacial score (nSPS) is 24.2. The Labute approximate surface area is 142 Å². The minimum atomic E-state index is -0.663. The molecule has 134 valence electrons. The highest BCUT2D eigenvalue weighted by atomic mass is 16.3. The van der Waals surface area contributed by atoms with Gasteiger partial charge in [-0.1, -0.05) is 13.3 Å². The van der Waals surface area contributed by atoms with Crippen LogP contribution in [0.1, 0.15) is 65.2 Å². The molecule has 2 rings (SSSR count). The van der Waals surface area contributed by atoms with Crippen LogP contribution in [-0.4, -0.2) is 57.6 Å². The molecule has 1 aromatic rings. The minimum absolute atomic E-state index is 0.0978. The number of aliphatic hydroxyl groups is 2. The zero-order valence-corrected chi connectivity index (χ0v) is 15.0. The highest BCUT2D eigenvalue weighted by Gasteiger charge is 2.43. The summed E-state index contributed by atoms with van der Waals surface area (Å²) in [7, 11) is 0. The number of nitrogens with one attached hydrogen (secondary N) is 1. The Balaban J connectivity index is 2.32. The van der Waals surface area contributed by atoms with Crippen molar-refractivity contribution in [3.63, 3.8) is 0 Å². The van der Waals surface area contributed by atoms with E-state index < -0.39 is 11.5 Å². The van der Waals surface area contributed by atoms with Gasteiger partial charge in [-0.3, -0.25) is 9.59 Å². The first-order chi connectivity index (χ1) is 11.3. The SMILES string of the molecule is CCC[C@@]1(CO)CN(C(=O)c2c(C)[nH]c(C(C)=O)c2C)CC[C@H]1O. The maximum Gasteiger partial charge on any atom is 0.255 e. The highest BCUT2D eigenvalue weighted by Crippen LogP contribution is 2.35. The Hall–Kier alpha value is -1.66.